The van der Waals surface area contributed by atoms with Crippen molar-refractivity contribution in [1.82, 2.24) is 5.32 Å². The molecule has 1 aromatic rings. The van der Waals surface area contributed by atoms with Gasteiger partial charge in [0.1, 0.15) is 0 Å². The van der Waals surface area contributed by atoms with Gasteiger partial charge in [0.2, 0.25) is 0 Å². The molecule has 128 valence electrons. The number of benzene rings is 1. The third-order valence-electron chi connectivity index (χ3n) is 3.51. The van der Waals surface area contributed by atoms with E-state index in [1.165, 1.54) is 6.42 Å². The van der Waals surface area contributed by atoms with E-state index in [0.717, 1.165) is 24.3 Å². The van der Waals surface area contributed by atoms with E-state index in [0.29, 0.717) is 23.1 Å². The lowest BCUT2D eigenvalue weighted by Crippen LogP contribution is -2.41. The topological polar surface area (TPSA) is 88.8 Å². The Balaban J connectivity index is 2.41. The lowest BCUT2D eigenvalue weighted by Gasteiger charge is -2.07. The van der Waals surface area contributed by atoms with Crippen LogP contribution in [0.4, 0.5) is 0 Å². The minimum absolute atomic E-state index is 0.222. The lowest BCUT2D eigenvalue weighted by atomic mass is 10.0. The maximum atomic E-state index is 5.95. The van der Waals surface area contributed by atoms with E-state index in [-0.39, 0.29) is 11.9 Å². The molecule has 0 aliphatic carbocycles. The van der Waals surface area contributed by atoms with Gasteiger partial charge in [-0.25, -0.2) is 4.99 Å². The fourth-order valence-corrected chi connectivity index (χ4v) is 2.19. The fraction of sp³-hybridized carbons (Fsp3) is 0.500. The van der Waals surface area contributed by atoms with Crippen molar-refractivity contribution in [2.24, 2.45) is 27.4 Å². The van der Waals surface area contributed by atoms with Crippen LogP contribution in [-0.4, -0.2) is 18.5 Å². The highest BCUT2D eigenvalue weighted by Crippen LogP contribution is 2.22. The Hall–Kier alpha value is -1.46. The number of hydrogen-bond acceptors (Lipinski definition) is 2. The molecule has 0 saturated heterocycles. The van der Waals surface area contributed by atoms with E-state index in [1.54, 1.807) is 12.1 Å². The van der Waals surface area contributed by atoms with Crippen LogP contribution < -0.4 is 16.8 Å². The van der Waals surface area contributed by atoms with Gasteiger partial charge in [-0.2, -0.15) is 0 Å². The first-order chi connectivity index (χ1) is 10.9. The predicted octanol–water partition coefficient (Wildman–Crippen LogP) is 3.54. The molecule has 0 aromatic heterocycles. The van der Waals surface area contributed by atoms with Crippen molar-refractivity contribution >= 4 is 35.1 Å². The first kappa shape index (κ1) is 19.6. The summed E-state index contributed by atoms with van der Waals surface area (Å²) in [6, 6.07) is 5.33. The van der Waals surface area contributed by atoms with Crippen LogP contribution in [0.15, 0.2) is 28.2 Å². The largest absolute Gasteiger partial charge is 0.370 e. The second-order valence-corrected chi connectivity index (χ2v) is 6.31. The van der Waals surface area contributed by atoms with Crippen LogP contribution >= 0.6 is 23.2 Å². The summed E-state index contributed by atoms with van der Waals surface area (Å²) in [6.45, 7) is 5.49. The Kier molecular flexibility index (Phi) is 8.81. The van der Waals surface area contributed by atoms with Gasteiger partial charge >= 0.3 is 0 Å². The molecule has 1 aromatic carbocycles. The zero-order chi connectivity index (χ0) is 17.2. The smallest absolute Gasteiger partial charge is 0.195 e. The molecule has 0 saturated carbocycles. The Morgan fingerprint density at radius 2 is 1.87 bits per heavy atom. The second-order valence-electron chi connectivity index (χ2n) is 5.50. The van der Waals surface area contributed by atoms with Crippen LogP contribution in [0.25, 0.3) is 0 Å². The van der Waals surface area contributed by atoms with Crippen molar-refractivity contribution in [3.63, 3.8) is 0 Å². The van der Waals surface area contributed by atoms with Crippen LogP contribution in [0.5, 0.6) is 0 Å². The second kappa shape index (κ2) is 10.3. The summed E-state index contributed by atoms with van der Waals surface area (Å²) in [7, 11) is 0. The van der Waals surface area contributed by atoms with E-state index in [4.69, 9.17) is 34.7 Å². The number of nitrogens with two attached hydrogens (primary N) is 2. The molecule has 7 heteroatoms. The number of guanidine groups is 2. The van der Waals surface area contributed by atoms with Gasteiger partial charge in [0.25, 0.3) is 0 Å². The Bertz CT molecular complexity index is 557. The van der Waals surface area contributed by atoms with E-state index >= 15 is 0 Å². The van der Waals surface area contributed by atoms with Crippen LogP contribution in [-0.2, 0) is 6.54 Å². The van der Waals surface area contributed by atoms with Gasteiger partial charge in [-0.15, -0.1) is 0 Å². The van der Waals surface area contributed by atoms with Crippen molar-refractivity contribution in [2.75, 3.05) is 6.54 Å². The molecule has 1 atom stereocenters. The van der Waals surface area contributed by atoms with Crippen molar-refractivity contribution in [1.29, 1.82) is 0 Å². The molecule has 0 fully saturated rings. The minimum Gasteiger partial charge on any atom is -0.370 e. The zero-order valence-corrected chi connectivity index (χ0v) is 15.2. The third-order valence-corrected chi connectivity index (χ3v) is 4.25. The highest BCUT2D eigenvalue weighted by molar-refractivity contribution is 6.42. The van der Waals surface area contributed by atoms with Gasteiger partial charge in [0.15, 0.2) is 11.9 Å². The Morgan fingerprint density at radius 3 is 2.52 bits per heavy atom. The molecule has 5 N–H and O–H groups in total. The number of nitrogens with zero attached hydrogens (tertiary/aromatic N) is 2. The number of halogens is 2. The van der Waals surface area contributed by atoms with E-state index in [1.807, 2.05) is 6.07 Å². The minimum atomic E-state index is 0.222. The highest BCUT2D eigenvalue weighted by atomic mass is 35.5. The molecule has 5 nitrogen and oxygen atoms in total. The third kappa shape index (κ3) is 8.09. The van der Waals surface area contributed by atoms with Crippen molar-refractivity contribution in [2.45, 2.75) is 39.7 Å². The van der Waals surface area contributed by atoms with Gasteiger partial charge in [0.05, 0.1) is 16.6 Å². The lowest BCUT2D eigenvalue weighted by molar-refractivity contribution is 0.500. The van der Waals surface area contributed by atoms with Gasteiger partial charge in [-0.3, -0.25) is 10.3 Å². The molecular weight excluding hydrogens is 333 g/mol. The number of hydrogen-bond donors (Lipinski definition) is 3. The molecular formula is C16H25Cl2N5. The van der Waals surface area contributed by atoms with Crippen molar-refractivity contribution in [3.05, 3.63) is 33.8 Å². The first-order valence-electron chi connectivity index (χ1n) is 7.73. The summed E-state index contributed by atoms with van der Waals surface area (Å²) in [5, 5.41) is 3.78. The zero-order valence-electron chi connectivity index (χ0n) is 13.6. The van der Waals surface area contributed by atoms with E-state index in [9.17, 15) is 0 Å². The molecule has 23 heavy (non-hydrogen) atoms. The maximum Gasteiger partial charge on any atom is 0.195 e. The SMILES string of the molecule is CCC(C)CCCN=C(N)NC(N)=NCc1ccc(Cl)c(Cl)c1. The average molecular weight is 358 g/mol. The van der Waals surface area contributed by atoms with Gasteiger partial charge in [-0.1, -0.05) is 49.5 Å². The monoisotopic (exact) mass is 357 g/mol. The molecule has 0 aliphatic heterocycles. The van der Waals surface area contributed by atoms with Crippen molar-refractivity contribution < 1.29 is 0 Å². The Morgan fingerprint density at radius 1 is 1.17 bits per heavy atom. The summed E-state index contributed by atoms with van der Waals surface area (Å²) in [6.07, 6.45) is 3.34. The summed E-state index contributed by atoms with van der Waals surface area (Å²) >= 11 is 11.8. The van der Waals surface area contributed by atoms with Gasteiger partial charge in [0, 0.05) is 6.54 Å². The number of aliphatic imine (C=N–C) groups is 2. The average Bonchev–Trinajstić information content (AvgIpc) is 2.52. The van der Waals surface area contributed by atoms with E-state index < -0.39 is 0 Å². The quantitative estimate of drug-likeness (QED) is 0.396. The first-order valence-corrected chi connectivity index (χ1v) is 8.48. The van der Waals surface area contributed by atoms with Crippen LogP contribution in [0.2, 0.25) is 10.0 Å². The summed E-state index contributed by atoms with van der Waals surface area (Å²) in [4.78, 5) is 8.43. The number of nitrogens with one attached hydrogen (secondary N) is 1. The molecule has 1 rings (SSSR count). The van der Waals surface area contributed by atoms with Gasteiger partial charge < -0.3 is 11.5 Å². The molecule has 0 aliphatic rings. The molecule has 0 radical (unpaired) electrons. The standard InChI is InChI=1S/C16H25Cl2N5/c1-3-11(2)5-4-8-21-15(19)23-16(20)22-10-12-6-7-13(17)14(18)9-12/h6-7,9,11H,3-5,8,10H2,1-2H3,(H5,19,20,21,22,23). The molecule has 1 unspecified atom stereocenters. The maximum absolute atomic E-state index is 5.95. The predicted molar refractivity (Wildman–Crippen MR) is 100 cm³/mol. The van der Waals surface area contributed by atoms with E-state index in [2.05, 4.69) is 29.1 Å². The summed E-state index contributed by atoms with van der Waals surface area (Å²) in [5.74, 6) is 1.22. The normalized spacial score (nSPS) is 13.9. The summed E-state index contributed by atoms with van der Waals surface area (Å²) < 4.78 is 0. The highest BCUT2D eigenvalue weighted by Gasteiger charge is 2.01. The molecule has 0 heterocycles. The van der Waals surface area contributed by atoms with Crippen LogP contribution in [0.3, 0.4) is 0 Å². The molecule has 0 bridgehead atoms. The Labute approximate surface area is 148 Å². The van der Waals surface area contributed by atoms with Crippen LogP contribution in [0.1, 0.15) is 38.7 Å². The molecule has 0 amide bonds. The van der Waals surface area contributed by atoms with Gasteiger partial charge in [-0.05, 0) is 36.5 Å². The fourth-order valence-electron chi connectivity index (χ4n) is 1.87. The number of rotatable bonds is 7. The molecule has 0 spiro atoms. The van der Waals surface area contributed by atoms with Crippen molar-refractivity contribution in [3.8, 4) is 0 Å². The summed E-state index contributed by atoms with van der Waals surface area (Å²) in [5.41, 5.74) is 12.5. The van der Waals surface area contributed by atoms with Crippen LogP contribution in [0, 0.1) is 5.92 Å².